The summed E-state index contributed by atoms with van der Waals surface area (Å²) in [5, 5.41) is 5.36. The highest BCUT2D eigenvalue weighted by atomic mass is 35.5. The molecule has 3 aromatic heterocycles. The van der Waals surface area contributed by atoms with Crippen molar-refractivity contribution < 1.29 is 13.7 Å². The summed E-state index contributed by atoms with van der Waals surface area (Å²) in [6.45, 7) is 4.30. The van der Waals surface area contributed by atoms with Gasteiger partial charge in [0.05, 0.1) is 22.8 Å². The molecule has 0 N–H and O–H groups in total. The number of hydrogen-bond donors (Lipinski definition) is 0. The van der Waals surface area contributed by atoms with Crippen LogP contribution >= 0.6 is 11.6 Å². The van der Waals surface area contributed by atoms with Gasteiger partial charge in [-0.1, -0.05) is 35.0 Å². The highest BCUT2D eigenvalue weighted by Gasteiger charge is 2.33. The molecule has 1 aromatic carbocycles. The molecule has 4 aromatic rings. The van der Waals surface area contributed by atoms with Crippen molar-refractivity contribution in [3.05, 3.63) is 75.7 Å². The van der Waals surface area contributed by atoms with Gasteiger partial charge in [0.15, 0.2) is 0 Å². The maximum absolute atomic E-state index is 13.7. The molecule has 32 heavy (non-hydrogen) atoms. The Bertz CT molecular complexity index is 1300. The summed E-state index contributed by atoms with van der Waals surface area (Å²) in [7, 11) is 0. The summed E-state index contributed by atoms with van der Waals surface area (Å²) in [5.41, 5.74) is 3.29. The summed E-state index contributed by atoms with van der Waals surface area (Å²) in [6.07, 6.45) is 5.03. The van der Waals surface area contributed by atoms with Crippen LogP contribution in [0.4, 0.5) is 0 Å². The minimum Gasteiger partial charge on any atom is -0.443 e. The molecule has 164 valence electrons. The van der Waals surface area contributed by atoms with Crippen LogP contribution in [-0.2, 0) is 6.42 Å². The Morgan fingerprint density at radius 1 is 1.25 bits per heavy atom. The summed E-state index contributed by atoms with van der Waals surface area (Å²) in [6, 6.07) is 9.26. The molecule has 1 fully saturated rings. The smallest absolute Gasteiger partial charge is 0.258 e. The van der Waals surface area contributed by atoms with Crippen LogP contribution < -0.4 is 0 Å². The number of amides is 1. The average Bonchev–Trinajstić information content (AvgIpc) is 3.41. The number of aryl methyl sites for hydroxylation is 2. The summed E-state index contributed by atoms with van der Waals surface area (Å²) in [5.74, 6) is 1.20. The quantitative estimate of drug-likeness (QED) is 0.411. The van der Waals surface area contributed by atoms with Crippen molar-refractivity contribution in [1.82, 2.24) is 20.0 Å². The fourth-order valence-corrected chi connectivity index (χ4v) is 4.56. The van der Waals surface area contributed by atoms with Gasteiger partial charge in [-0.2, -0.15) is 0 Å². The molecule has 8 heteroatoms. The molecule has 7 nitrogen and oxygen atoms in total. The lowest BCUT2D eigenvalue weighted by molar-refractivity contribution is 0.0572. The number of oxazole rings is 1. The van der Waals surface area contributed by atoms with E-state index in [2.05, 4.69) is 15.1 Å². The van der Waals surface area contributed by atoms with Gasteiger partial charge in [-0.3, -0.25) is 4.79 Å². The van der Waals surface area contributed by atoms with Crippen LogP contribution in [0.5, 0.6) is 0 Å². The maximum atomic E-state index is 13.7. The number of fused-ring (bicyclic) bond motifs is 1. The fourth-order valence-electron chi connectivity index (χ4n) is 4.36. The third kappa shape index (κ3) is 3.77. The lowest BCUT2D eigenvalue weighted by Gasteiger charge is -2.34. The molecule has 0 unspecified atom stereocenters. The second-order valence-corrected chi connectivity index (χ2v) is 8.61. The van der Waals surface area contributed by atoms with E-state index in [0.717, 1.165) is 30.6 Å². The predicted octanol–water partition coefficient (Wildman–Crippen LogP) is 5.44. The van der Waals surface area contributed by atoms with Gasteiger partial charge in [0, 0.05) is 23.7 Å². The number of nitrogens with zero attached hydrogens (tertiary/aromatic N) is 4. The maximum Gasteiger partial charge on any atom is 0.258 e. The van der Waals surface area contributed by atoms with Gasteiger partial charge in [-0.15, -0.1) is 0 Å². The van der Waals surface area contributed by atoms with E-state index in [1.165, 1.54) is 0 Å². The molecule has 0 saturated carbocycles. The summed E-state index contributed by atoms with van der Waals surface area (Å²) < 4.78 is 11.4. The van der Waals surface area contributed by atoms with Crippen LogP contribution in [-0.4, -0.2) is 32.5 Å². The van der Waals surface area contributed by atoms with Gasteiger partial charge >= 0.3 is 0 Å². The van der Waals surface area contributed by atoms with Crippen LogP contribution in [0.2, 0.25) is 5.02 Å². The number of hydrogen-bond acceptors (Lipinski definition) is 6. The number of pyridine rings is 1. The van der Waals surface area contributed by atoms with E-state index in [1.807, 2.05) is 43.0 Å². The van der Waals surface area contributed by atoms with E-state index in [9.17, 15) is 4.79 Å². The van der Waals surface area contributed by atoms with E-state index in [4.69, 9.17) is 20.5 Å². The minimum atomic E-state index is -0.222. The molecule has 0 spiro atoms. The number of rotatable bonds is 4. The van der Waals surface area contributed by atoms with Crippen molar-refractivity contribution in [2.45, 2.75) is 45.6 Å². The van der Waals surface area contributed by atoms with Crippen molar-refractivity contribution in [2.24, 2.45) is 0 Å². The number of halogens is 1. The molecule has 0 radical (unpaired) electrons. The molecule has 0 aliphatic carbocycles. The number of carbonyl (C=O) groups excluding carboxylic acids is 1. The van der Waals surface area contributed by atoms with E-state index >= 15 is 0 Å². The number of likely N-dealkylation sites (tertiary alicyclic amines) is 1. The number of piperidine rings is 1. The first-order chi connectivity index (χ1) is 15.5. The molecule has 1 atom stereocenters. The molecule has 4 heterocycles. The molecule has 1 amide bonds. The van der Waals surface area contributed by atoms with E-state index in [1.54, 1.807) is 12.3 Å². The average molecular weight is 451 g/mol. The van der Waals surface area contributed by atoms with Gasteiger partial charge in [-0.05, 0) is 50.8 Å². The Morgan fingerprint density at radius 3 is 2.94 bits per heavy atom. The number of carbonyl (C=O) groups is 1. The largest absolute Gasteiger partial charge is 0.443 e. The second kappa shape index (κ2) is 8.39. The summed E-state index contributed by atoms with van der Waals surface area (Å²) in [4.78, 5) is 24.4. The number of aromatic nitrogens is 3. The lowest BCUT2D eigenvalue weighted by Crippen LogP contribution is -2.38. The third-order valence-electron chi connectivity index (χ3n) is 5.92. The first-order valence-electron chi connectivity index (χ1n) is 10.7. The lowest BCUT2D eigenvalue weighted by atomic mass is 9.99. The standard InChI is InChI=1S/C24H23ClN4O3/c1-14-11-18(21-15(2)28-32-23(21)27-14)24(30)29-10-6-5-9-20(29)22-26-13-17(31-22)12-16-7-3-4-8-19(16)25/h3-4,7-8,11,13,20H,5-6,9-10,12H2,1-2H3/t20-/m0/s1. The highest BCUT2D eigenvalue weighted by Crippen LogP contribution is 2.34. The van der Waals surface area contributed by atoms with Crippen LogP contribution in [0.1, 0.15) is 64.3 Å². The molecule has 1 aliphatic heterocycles. The minimum absolute atomic E-state index is 0.0812. The van der Waals surface area contributed by atoms with Gasteiger partial charge < -0.3 is 13.8 Å². The fraction of sp³-hybridized carbons (Fsp3) is 0.333. The van der Waals surface area contributed by atoms with E-state index in [-0.39, 0.29) is 11.9 Å². The van der Waals surface area contributed by atoms with Gasteiger partial charge in [0.2, 0.25) is 5.89 Å². The molecule has 5 rings (SSSR count). The zero-order valence-corrected chi connectivity index (χ0v) is 18.7. The van der Waals surface area contributed by atoms with Crippen molar-refractivity contribution in [3.8, 4) is 0 Å². The highest BCUT2D eigenvalue weighted by molar-refractivity contribution is 6.31. The molecule has 1 aliphatic rings. The van der Waals surface area contributed by atoms with Crippen molar-refractivity contribution in [3.63, 3.8) is 0 Å². The Kier molecular flexibility index (Phi) is 5.43. The Hall–Kier alpha value is -3.19. The zero-order valence-electron chi connectivity index (χ0n) is 18.0. The van der Waals surface area contributed by atoms with Gasteiger partial charge in [0.25, 0.3) is 11.6 Å². The molecule has 1 saturated heterocycles. The Labute approximate surface area is 190 Å². The second-order valence-electron chi connectivity index (χ2n) is 8.20. The van der Waals surface area contributed by atoms with Crippen molar-refractivity contribution >= 4 is 28.6 Å². The topological polar surface area (TPSA) is 85.3 Å². The van der Waals surface area contributed by atoms with E-state index < -0.39 is 0 Å². The normalized spacial score (nSPS) is 16.6. The SMILES string of the molecule is Cc1cc(C(=O)N2CCCC[C@H]2c2ncc(Cc3ccccc3Cl)o2)c2c(C)noc2n1. The van der Waals surface area contributed by atoms with Crippen molar-refractivity contribution in [2.75, 3.05) is 6.54 Å². The monoisotopic (exact) mass is 450 g/mol. The van der Waals surface area contributed by atoms with Crippen LogP contribution in [0.25, 0.3) is 11.1 Å². The Morgan fingerprint density at radius 2 is 2.09 bits per heavy atom. The molecule has 0 bridgehead atoms. The first kappa shape index (κ1) is 20.7. The molecular formula is C24H23ClN4O3. The van der Waals surface area contributed by atoms with Crippen LogP contribution in [0.3, 0.4) is 0 Å². The van der Waals surface area contributed by atoms with Crippen molar-refractivity contribution in [1.29, 1.82) is 0 Å². The predicted molar refractivity (Wildman–Crippen MR) is 120 cm³/mol. The van der Waals surface area contributed by atoms with Gasteiger partial charge in [0.1, 0.15) is 11.8 Å². The van der Waals surface area contributed by atoms with Gasteiger partial charge in [-0.25, -0.2) is 9.97 Å². The van der Waals surface area contributed by atoms with Crippen LogP contribution in [0.15, 0.2) is 45.5 Å². The number of benzene rings is 1. The zero-order chi connectivity index (χ0) is 22.2. The van der Waals surface area contributed by atoms with Crippen LogP contribution in [0, 0.1) is 13.8 Å². The third-order valence-corrected chi connectivity index (χ3v) is 6.29. The molecular weight excluding hydrogens is 428 g/mol. The van der Waals surface area contributed by atoms with E-state index in [0.29, 0.717) is 51.9 Å². The Balaban J connectivity index is 1.45. The first-order valence-corrected chi connectivity index (χ1v) is 11.1. The summed E-state index contributed by atoms with van der Waals surface area (Å²) >= 11 is 6.29.